The van der Waals surface area contributed by atoms with Gasteiger partial charge in [0.1, 0.15) is 5.82 Å². The van der Waals surface area contributed by atoms with Gasteiger partial charge >= 0.3 is 6.03 Å². The molecule has 1 aliphatic heterocycles. The maximum Gasteiger partial charge on any atom is 0.318 e. The van der Waals surface area contributed by atoms with Crippen LogP contribution in [0.15, 0.2) is 48.7 Å². The highest BCUT2D eigenvalue weighted by Gasteiger charge is 2.24. The van der Waals surface area contributed by atoms with Crippen molar-refractivity contribution in [3.8, 4) is 0 Å². The number of hydrogen-bond acceptors (Lipinski definition) is 4. The van der Waals surface area contributed by atoms with Crippen LogP contribution in [0, 0.1) is 0 Å². The number of nitrogens with zero attached hydrogens (tertiary/aromatic N) is 3. The van der Waals surface area contributed by atoms with Gasteiger partial charge in [-0.15, -0.1) is 0 Å². The fraction of sp³-hybridized carbons (Fsp3) is 0.368. The molecule has 0 bridgehead atoms. The van der Waals surface area contributed by atoms with E-state index in [1.54, 1.807) is 18.0 Å². The summed E-state index contributed by atoms with van der Waals surface area (Å²) in [6.45, 7) is 2.88. The lowest BCUT2D eigenvalue weighted by molar-refractivity contribution is 0.191. The Hall–Kier alpha value is -1.92. The summed E-state index contributed by atoms with van der Waals surface area (Å²) in [5.41, 5.74) is 1.14. The lowest BCUT2D eigenvalue weighted by Crippen LogP contribution is -2.52. The zero-order valence-electron chi connectivity index (χ0n) is 14.8. The number of carbonyl (C=O) groups excluding carboxylic acids is 1. The highest BCUT2D eigenvalue weighted by Crippen LogP contribution is 2.19. The van der Waals surface area contributed by atoms with E-state index in [0.29, 0.717) is 18.1 Å². The van der Waals surface area contributed by atoms with Crippen molar-refractivity contribution in [2.24, 2.45) is 0 Å². The van der Waals surface area contributed by atoms with E-state index in [1.807, 2.05) is 35.2 Å². The topological polar surface area (TPSA) is 48.5 Å². The molecule has 138 valence electrons. The van der Waals surface area contributed by atoms with Crippen molar-refractivity contribution in [1.82, 2.24) is 15.2 Å². The number of carbonyl (C=O) groups is 1. The largest absolute Gasteiger partial charge is 0.353 e. The van der Waals surface area contributed by atoms with E-state index in [1.165, 1.54) is 0 Å². The second kappa shape index (κ2) is 9.14. The van der Waals surface area contributed by atoms with Gasteiger partial charge in [-0.1, -0.05) is 41.9 Å². The number of halogens is 1. The third-order valence-electron chi connectivity index (χ3n) is 4.44. The molecule has 1 saturated heterocycles. The van der Waals surface area contributed by atoms with Crippen molar-refractivity contribution in [2.45, 2.75) is 6.04 Å². The average molecular weight is 391 g/mol. The van der Waals surface area contributed by atoms with Gasteiger partial charge < -0.3 is 15.1 Å². The summed E-state index contributed by atoms with van der Waals surface area (Å²) in [7, 11) is 0. The first-order valence-electron chi connectivity index (χ1n) is 8.63. The minimum absolute atomic E-state index is 0.00313. The quantitative estimate of drug-likeness (QED) is 0.846. The van der Waals surface area contributed by atoms with Crippen LogP contribution in [-0.2, 0) is 0 Å². The van der Waals surface area contributed by atoms with Crippen LogP contribution in [0.1, 0.15) is 11.6 Å². The summed E-state index contributed by atoms with van der Waals surface area (Å²) >= 11 is 7.63. The molecule has 1 aromatic carbocycles. The molecule has 0 aliphatic carbocycles. The van der Waals surface area contributed by atoms with Gasteiger partial charge in [0.25, 0.3) is 0 Å². The van der Waals surface area contributed by atoms with Crippen molar-refractivity contribution < 1.29 is 4.79 Å². The van der Waals surface area contributed by atoms with Gasteiger partial charge in [-0.2, -0.15) is 11.8 Å². The van der Waals surface area contributed by atoms with E-state index >= 15 is 0 Å². The van der Waals surface area contributed by atoms with E-state index in [4.69, 9.17) is 11.6 Å². The summed E-state index contributed by atoms with van der Waals surface area (Å²) in [5, 5.41) is 3.81. The van der Waals surface area contributed by atoms with Crippen molar-refractivity contribution in [3.05, 3.63) is 59.2 Å². The Morgan fingerprint density at radius 1 is 1.19 bits per heavy atom. The molecule has 2 aromatic rings. The fourth-order valence-corrected chi connectivity index (χ4v) is 3.73. The van der Waals surface area contributed by atoms with Gasteiger partial charge in [0.2, 0.25) is 0 Å². The number of nitrogens with one attached hydrogen (secondary N) is 1. The number of benzene rings is 1. The predicted octanol–water partition coefficient (Wildman–Crippen LogP) is 3.67. The van der Waals surface area contributed by atoms with Gasteiger partial charge in [-0.05, 0) is 24.0 Å². The van der Waals surface area contributed by atoms with Crippen molar-refractivity contribution in [1.29, 1.82) is 0 Å². The molecule has 0 saturated carbocycles. The van der Waals surface area contributed by atoms with E-state index in [9.17, 15) is 4.79 Å². The number of rotatable bonds is 5. The summed E-state index contributed by atoms with van der Waals surface area (Å²) in [6.07, 6.45) is 3.71. The summed E-state index contributed by atoms with van der Waals surface area (Å²) in [6, 6.07) is 13.9. The lowest BCUT2D eigenvalue weighted by atomic mass is 10.1. The number of urea groups is 1. The molecule has 1 fully saturated rings. The first-order valence-corrected chi connectivity index (χ1v) is 10.4. The smallest absolute Gasteiger partial charge is 0.318 e. The highest BCUT2D eigenvalue weighted by molar-refractivity contribution is 7.98. The number of thioether (sulfide) groups is 1. The van der Waals surface area contributed by atoms with Crippen LogP contribution in [0.25, 0.3) is 0 Å². The third-order valence-corrected chi connectivity index (χ3v) is 5.33. The minimum Gasteiger partial charge on any atom is -0.353 e. The highest BCUT2D eigenvalue weighted by atomic mass is 35.5. The Labute approximate surface area is 163 Å². The Morgan fingerprint density at radius 3 is 2.54 bits per heavy atom. The monoisotopic (exact) mass is 390 g/mol. The molecule has 1 aliphatic rings. The van der Waals surface area contributed by atoms with Gasteiger partial charge in [-0.25, -0.2) is 9.78 Å². The summed E-state index contributed by atoms with van der Waals surface area (Å²) in [5.74, 6) is 1.75. The van der Waals surface area contributed by atoms with Gasteiger partial charge in [0.15, 0.2) is 0 Å². The molecule has 26 heavy (non-hydrogen) atoms. The van der Waals surface area contributed by atoms with Crippen LogP contribution in [0.3, 0.4) is 0 Å². The number of pyridine rings is 1. The minimum atomic E-state index is -0.00313. The van der Waals surface area contributed by atoms with Crippen LogP contribution >= 0.6 is 23.4 Å². The van der Waals surface area contributed by atoms with Crippen LogP contribution in [0.5, 0.6) is 0 Å². The van der Waals surface area contributed by atoms with Crippen LogP contribution in [0.2, 0.25) is 5.02 Å². The molecule has 3 rings (SSSR count). The van der Waals surface area contributed by atoms with Crippen molar-refractivity contribution >= 4 is 35.2 Å². The Morgan fingerprint density at radius 2 is 1.92 bits per heavy atom. The molecule has 0 radical (unpaired) electrons. The van der Waals surface area contributed by atoms with E-state index in [-0.39, 0.29) is 12.1 Å². The maximum atomic E-state index is 12.7. The first-order chi connectivity index (χ1) is 12.7. The molecular weight excluding hydrogens is 368 g/mol. The number of hydrogen-bond donors (Lipinski definition) is 1. The molecule has 0 spiro atoms. The number of aromatic nitrogens is 1. The SMILES string of the molecule is CSCC(NC(=O)N1CCN(c2ccc(Cl)cn2)CC1)c1ccccc1. The first kappa shape index (κ1) is 18.9. The standard InChI is InChI=1S/C19H23ClN4OS/c1-26-14-17(15-5-3-2-4-6-15)22-19(25)24-11-9-23(10-12-24)18-8-7-16(20)13-21-18/h2-8,13,17H,9-12,14H2,1H3,(H,22,25). The molecule has 1 aromatic heterocycles. The number of anilines is 1. The van der Waals surface area contributed by atoms with Crippen LogP contribution < -0.4 is 10.2 Å². The molecule has 2 heterocycles. The second-order valence-electron chi connectivity index (χ2n) is 6.18. The van der Waals surface area contributed by atoms with Crippen molar-refractivity contribution in [2.75, 3.05) is 43.1 Å². The average Bonchev–Trinajstić information content (AvgIpc) is 2.69. The van der Waals surface area contributed by atoms with Gasteiger partial charge in [-0.3, -0.25) is 0 Å². The maximum absolute atomic E-state index is 12.7. The van der Waals surface area contributed by atoms with Crippen LogP contribution in [0.4, 0.5) is 10.6 Å². The van der Waals surface area contributed by atoms with E-state index in [2.05, 4.69) is 33.6 Å². The number of piperazine rings is 1. The number of amides is 2. The third kappa shape index (κ3) is 4.83. The normalized spacial score (nSPS) is 15.6. The zero-order valence-corrected chi connectivity index (χ0v) is 16.3. The molecular formula is C19H23ClN4OS. The van der Waals surface area contributed by atoms with Gasteiger partial charge in [0, 0.05) is 38.1 Å². The van der Waals surface area contributed by atoms with Gasteiger partial charge in [0.05, 0.1) is 11.1 Å². The molecule has 1 N–H and O–H groups in total. The molecule has 1 atom stereocenters. The van der Waals surface area contributed by atoms with Crippen molar-refractivity contribution in [3.63, 3.8) is 0 Å². The fourth-order valence-electron chi connectivity index (χ4n) is 3.01. The molecule has 7 heteroatoms. The zero-order chi connectivity index (χ0) is 18.4. The lowest BCUT2D eigenvalue weighted by Gasteiger charge is -2.36. The van der Waals surface area contributed by atoms with Crippen LogP contribution in [-0.4, -0.2) is 54.1 Å². The molecule has 5 nitrogen and oxygen atoms in total. The molecule has 2 amide bonds. The molecule has 1 unspecified atom stereocenters. The second-order valence-corrected chi connectivity index (χ2v) is 7.52. The van der Waals surface area contributed by atoms with E-state index in [0.717, 1.165) is 30.2 Å². The van der Waals surface area contributed by atoms with E-state index < -0.39 is 0 Å². The summed E-state index contributed by atoms with van der Waals surface area (Å²) < 4.78 is 0. The Bertz CT molecular complexity index is 705. The Balaban J connectivity index is 1.56. The summed E-state index contributed by atoms with van der Waals surface area (Å²) in [4.78, 5) is 21.1. The Kier molecular flexibility index (Phi) is 6.63. The predicted molar refractivity (Wildman–Crippen MR) is 109 cm³/mol.